The first-order chi connectivity index (χ1) is 12.0. The van der Waals surface area contributed by atoms with Gasteiger partial charge in [-0.25, -0.2) is 4.98 Å². The summed E-state index contributed by atoms with van der Waals surface area (Å²) in [6.45, 7) is 6.67. The number of nitrogens with two attached hydrogens (primary N) is 1. The average molecular weight is 341 g/mol. The molecule has 1 aliphatic rings. The Morgan fingerprint density at radius 2 is 1.96 bits per heavy atom. The van der Waals surface area contributed by atoms with Crippen molar-refractivity contribution in [3.63, 3.8) is 0 Å². The highest BCUT2D eigenvalue weighted by Crippen LogP contribution is 2.34. The number of carbonyl (C=O) groups excluding carboxylic acids is 1. The number of amides is 1. The summed E-state index contributed by atoms with van der Waals surface area (Å²) in [6.07, 6.45) is -0.530. The molecule has 6 heteroatoms. The monoisotopic (exact) mass is 341 g/mol. The minimum atomic E-state index is -0.530. The highest BCUT2D eigenvalue weighted by atomic mass is 16.5. The molecule has 1 aromatic heterocycles. The minimum Gasteiger partial charge on any atom is -0.492 e. The molecule has 1 aliphatic heterocycles. The smallest absolute Gasteiger partial charge is 0.269 e. The van der Waals surface area contributed by atoms with E-state index in [1.54, 1.807) is 17.0 Å². The summed E-state index contributed by atoms with van der Waals surface area (Å²) in [5, 5.41) is 0. The number of anilines is 2. The molecule has 1 unspecified atom stereocenters. The van der Waals surface area contributed by atoms with Crippen molar-refractivity contribution in [2.75, 3.05) is 23.8 Å². The number of aryl methyl sites for hydroxylation is 1. The summed E-state index contributed by atoms with van der Waals surface area (Å²) < 4.78 is 11.6. The number of pyridine rings is 1. The zero-order valence-electron chi connectivity index (χ0n) is 14.7. The van der Waals surface area contributed by atoms with E-state index in [0.29, 0.717) is 30.5 Å². The third-order valence-electron chi connectivity index (χ3n) is 4.09. The van der Waals surface area contributed by atoms with E-state index in [2.05, 4.69) is 4.98 Å². The van der Waals surface area contributed by atoms with E-state index >= 15 is 0 Å². The van der Waals surface area contributed by atoms with E-state index in [-0.39, 0.29) is 11.8 Å². The fourth-order valence-corrected chi connectivity index (χ4v) is 2.71. The number of ether oxygens (including phenoxy) is 2. The Bertz CT molecular complexity index is 759. The van der Waals surface area contributed by atoms with E-state index in [1.807, 2.05) is 45.0 Å². The van der Waals surface area contributed by atoms with Crippen LogP contribution in [-0.4, -0.2) is 30.1 Å². The summed E-state index contributed by atoms with van der Waals surface area (Å²) in [7, 11) is 0. The molecule has 0 bridgehead atoms. The van der Waals surface area contributed by atoms with Gasteiger partial charge in [-0.2, -0.15) is 0 Å². The van der Waals surface area contributed by atoms with Gasteiger partial charge in [0.15, 0.2) is 17.7 Å². The number of aromatic nitrogens is 1. The summed E-state index contributed by atoms with van der Waals surface area (Å²) in [5.41, 5.74) is 6.95. The van der Waals surface area contributed by atoms with Gasteiger partial charge in [-0.3, -0.25) is 9.69 Å². The first-order valence-electron chi connectivity index (χ1n) is 8.39. The number of nitrogen functional groups attached to an aromatic ring is 1. The van der Waals surface area contributed by atoms with Crippen molar-refractivity contribution in [2.45, 2.75) is 26.9 Å². The highest BCUT2D eigenvalue weighted by molar-refractivity contribution is 5.99. The predicted octanol–water partition coefficient (Wildman–Crippen LogP) is 2.80. The van der Waals surface area contributed by atoms with Gasteiger partial charge in [-0.1, -0.05) is 31.5 Å². The third kappa shape index (κ3) is 3.68. The Morgan fingerprint density at radius 1 is 1.24 bits per heavy atom. The Morgan fingerprint density at radius 3 is 2.64 bits per heavy atom. The lowest BCUT2D eigenvalue weighted by Crippen LogP contribution is -2.50. The third-order valence-corrected chi connectivity index (χ3v) is 4.09. The number of hydrogen-bond acceptors (Lipinski definition) is 5. The second-order valence-corrected chi connectivity index (χ2v) is 6.49. The Balaban J connectivity index is 1.77. The van der Waals surface area contributed by atoms with E-state index < -0.39 is 6.10 Å². The Labute approximate surface area is 147 Å². The number of nitrogens with zero attached hydrogens (tertiary/aromatic N) is 2. The molecule has 1 aromatic carbocycles. The van der Waals surface area contributed by atoms with Gasteiger partial charge in [0.25, 0.3) is 5.91 Å². The van der Waals surface area contributed by atoms with Crippen LogP contribution in [0.1, 0.15) is 19.4 Å². The van der Waals surface area contributed by atoms with Crippen LogP contribution in [0.15, 0.2) is 36.4 Å². The minimum absolute atomic E-state index is 0.0544. The molecule has 3 rings (SSSR count). The van der Waals surface area contributed by atoms with Gasteiger partial charge in [0.1, 0.15) is 18.2 Å². The highest BCUT2D eigenvalue weighted by Gasteiger charge is 2.37. The van der Waals surface area contributed by atoms with Crippen LogP contribution in [0.4, 0.5) is 11.6 Å². The van der Waals surface area contributed by atoms with Gasteiger partial charge in [0.2, 0.25) is 0 Å². The molecule has 132 valence electrons. The topological polar surface area (TPSA) is 77.7 Å². The Kier molecular flexibility index (Phi) is 4.79. The number of hydrogen-bond donors (Lipinski definition) is 1. The van der Waals surface area contributed by atoms with Crippen LogP contribution < -0.4 is 20.1 Å². The lowest BCUT2D eigenvalue weighted by molar-refractivity contribution is -0.128. The SMILES string of the molecule is Cc1ccc(OCCN2C(=O)C(C(C)C)Oc3ccc(N)nc32)cc1. The number of benzene rings is 1. The van der Waals surface area contributed by atoms with Crippen LogP contribution in [0, 0.1) is 12.8 Å². The molecular weight excluding hydrogens is 318 g/mol. The van der Waals surface area contributed by atoms with Gasteiger partial charge in [0, 0.05) is 0 Å². The van der Waals surface area contributed by atoms with Crippen LogP contribution in [0.5, 0.6) is 11.5 Å². The van der Waals surface area contributed by atoms with Crippen molar-refractivity contribution in [3.8, 4) is 11.5 Å². The Hall–Kier alpha value is -2.76. The lowest BCUT2D eigenvalue weighted by atomic mass is 10.0. The van der Waals surface area contributed by atoms with Crippen LogP contribution in [0.3, 0.4) is 0 Å². The normalized spacial score (nSPS) is 16.6. The van der Waals surface area contributed by atoms with Crippen molar-refractivity contribution in [1.82, 2.24) is 4.98 Å². The fourth-order valence-electron chi connectivity index (χ4n) is 2.71. The fraction of sp³-hybridized carbons (Fsp3) is 0.368. The van der Waals surface area contributed by atoms with Crippen molar-refractivity contribution < 1.29 is 14.3 Å². The summed E-state index contributed by atoms with van der Waals surface area (Å²) in [5.74, 6) is 2.08. The van der Waals surface area contributed by atoms with Gasteiger partial charge in [0.05, 0.1) is 6.54 Å². The molecule has 0 spiro atoms. The molecule has 25 heavy (non-hydrogen) atoms. The van der Waals surface area contributed by atoms with Crippen LogP contribution >= 0.6 is 0 Å². The van der Waals surface area contributed by atoms with Crippen LogP contribution in [-0.2, 0) is 4.79 Å². The molecule has 0 aliphatic carbocycles. The van der Waals surface area contributed by atoms with E-state index in [1.165, 1.54) is 5.56 Å². The molecule has 0 fully saturated rings. The quantitative estimate of drug-likeness (QED) is 0.905. The van der Waals surface area contributed by atoms with Crippen molar-refractivity contribution in [2.24, 2.45) is 5.92 Å². The van der Waals surface area contributed by atoms with Crippen molar-refractivity contribution in [1.29, 1.82) is 0 Å². The van der Waals surface area contributed by atoms with E-state index in [9.17, 15) is 4.79 Å². The van der Waals surface area contributed by atoms with Crippen LogP contribution in [0.2, 0.25) is 0 Å². The maximum Gasteiger partial charge on any atom is 0.269 e. The number of carbonyl (C=O) groups is 1. The molecule has 2 heterocycles. The molecule has 1 amide bonds. The molecule has 2 N–H and O–H groups in total. The van der Waals surface area contributed by atoms with E-state index in [0.717, 1.165) is 5.75 Å². The van der Waals surface area contributed by atoms with Crippen molar-refractivity contribution >= 4 is 17.5 Å². The number of fused-ring (bicyclic) bond motifs is 1. The molecule has 0 radical (unpaired) electrons. The molecular formula is C19H23N3O3. The summed E-state index contributed by atoms with van der Waals surface area (Å²) in [4.78, 5) is 18.7. The second-order valence-electron chi connectivity index (χ2n) is 6.49. The average Bonchev–Trinajstić information content (AvgIpc) is 2.58. The zero-order valence-corrected chi connectivity index (χ0v) is 14.7. The van der Waals surface area contributed by atoms with Gasteiger partial charge >= 0.3 is 0 Å². The maximum atomic E-state index is 12.8. The van der Waals surface area contributed by atoms with Gasteiger partial charge in [-0.15, -0.1) is 0 Å². The maximum absolute atomic E-state index is 12.8. The van der Waals surface area contributed by atoms with Crippen LogP contribution in [0.25, 0.3) is 0 Å². The predicted molar refractivity (Wildman–Crippen MR) is 96.9 cm³/mol. The molecule has 6 nitrogen and oxygen atoms in total. The van der Waals surface area contributed by atoms with Crippen molar-refractivity contribution in [3.05, 3.63) is 42.0 Å². The first-order valence-corrected chi connectivity index (χ1v) is 8.39. The molecule has 0 saturated carbocycles. The zero-order chi connectivity index (χ0) is 18.0. The molecule has 1 atom stereocenters. The lowest BCUT2D eigenvalue weighted by Gasteiger charge is -2.35. The standard InChI is InChI=1S/C19H23N3O3/c1-12(2)17-19(23)22(18-15(25-17)8-9-16(20)21-18)10-11-24-14-6-4-13(3)5-7-14/h4-9,12,17H,10-11H2,1-3H3,(H2,20,21). The number of rotatable bonds is 5. The second kappa shape index (κ2) is 7.01. The largest absolute Gasteiger partial charge is 0.492 e. The van der Waals surface area contributed by atoms with E-state index in [4.69, 9.17) is 15.2 Å². The summed E-state index contributed by atoms with van der Waals surface area (Å²) in [6, 6.07) is 11.2. The first kappa shape index (κ1) is 17.1. The van der Waals surface area contributed by atoms with Gasteiger partial charge in [-0.05, 0) is 37.1 Å². The summed E-state index contributed by atoms with van der Waals surface area (Å²) >= 11 is 0. The van der Waals surface area contributed by atoms with Gasteiger partial charge < -0.3 is 15.2 Å². The molecule has 0 saturated heterocycles. The molecule has 2 aromatic rings.